The Morgan fingerprint density at radius 3 is 2.79 bits per heavy atom. The summed E-state index contributed by atoms with van der Waals surface area (Å²) < 4.78 is 40.4. The lowest BCUT2D eigenvalue weighted by Crippen LogP contribution is -2.25. The fourth-order valence-corrected chi connectivity index (χ4v) is 3.52. The van der Waals surface area contributed by atoms with Crippen molar-refractivity contribution in [2.24, 2.45) is 0 Å². The predicted molar refractivity (Wildman–Crippen MR) is 98.1 cm³/mol. The van der Waals surface area contributed by atoms with Gasteiger partial charge in [-0.3, -0.25) is 4.79 Å². The lowest BCUT2D eigenvalue weighted by Gasteiger charge is -2.12. The summed E-state index contributed by atoms with van der Waals surface area (Å²) in [6.45, 7) is 2.28. The summed E-state index contributed by atoms with van der Waals surface area (Å²) in [6.07, 6.45) is -1.54. The largest absolute Gasteiger partial charge is 0.416 e. The Kier molecular flexibility index (Phi) is 6.08. The summed E-state index contributed by atoms with van der Waals surface area (Å²) in [4.78, 5) is 17.5. The number of amides is 1. The molecule has 2 heterocycles. The molecule has 0 aliphatic heterocycles. The van der Waals surface area contributed by atoms with E-state index in [0.29, 0.717) is 6.54 Å². The number of thiazole rings is 1. The number of hydrogen-bond donors (Lipinski definition) is 1. The molecule has 28 heavy (non-hydrogen) atoms. The number of rotatable bonds is 7. The summed E-state index contributed by atoms with van der Waals surface area (Å²) in [7, 11) is 0. The Labute approximate surface area is 163 Å². The summed E-state index contributed by atoms with van der Waals surface area (Å²) in [5.74, 6) is -0.406. The van der Waals surface area contributed by atoms with Gasteiger partial charge < -0.3 is 5.32 Å². The molecule has 1 N–H and O–H groups in total. The van der Waals surface area contributed by atoms with Crippen molar-refractivity contribution in [3.05, 3.63) is 63.4 Å². The number of carbonyl (C=O) groups is 1. The van der Waals surface area contributed by atoms with Crippen molar-refractivity contribution in [1.29, 1.82) is 0 Å². The third-order valence-electron chi connectivity index (χ3n) is 4.14. The molecule has 2 aromatic heterocycles. The molecule has 10 heteroatoms. The van der Waals surface area contributed by atoms with Crippen LogP contribution in [0.2, 0.25) is 0 Å². The van der Waals surface area contributed by atoms with Crippen LogP contribution in [0.1, 0.15) is 38.6 Å². The number of alkyl halides is 3. The van der Waals surface area contributed by atoms with Gasteiger partial charge in [0.25, 0.3) is 5.91 Å². The first-order valence-electron chi connectivity index (χ1n) is 8.57. The van der Waals surface area contributed by atoms with Gasteiger partial charge >= 0.3 is 6.18 Å². The number of aryl methyl sites for hydroxylation is 2. The second-order valence-corrected chi connectivity index (χ2v) is 7.12. The lowest BCUT2D eigenvalue weighted by molar-refractivity contribution is -0.138. The van der Waals surface area contributed by atoms with Crippen LogP contribution in [0.3, 0.4) is 0 Å². The Morgan fingerprint density at radius 2 is 2.07 bits per heavy atom. The van der Waals surface area contributed by atoms with Crippen LogP contribution in [0, 0.1) is 6.92 Å². The van der Waals surface area contributed by atoms with Crippen LogP contribution in [0.5, 0.6) is 0 Å². The molecule has 1 aromatic carbocycles. The van der Waals surface area contributed by atoms with Crippen LogP contribution in [0.4, 0.5) is 13.2 Å². The molecular formula is C18H18F3N5OS. The molecule has 0 radical (unpaired) electrons. The smallest absolute Gasteiger partial charge is 0.351 e. The highest BCUT2D eigenvalue weighted by Gasteiger charge is 2.33. The monoisotopic (exact) mass is 409 g/mol. The minimum Gasteiger partial charge on any atom is -0.351 e. The minimum absolute atomic E-state index is 0.0618. The molecule has 3 rings (SSSR count). The van der Waals surface area contributed by atoms with Crippen LogP contribution in [-0.4, -0.2) is 32.4 Å². The van der Waals surface area contributed by atoms with E-state index in [1.165, 1.54) is 34.0 Å². The maximum atomic E-state index is 13.1. The van der Waals surface area contributed by atoms with E-state index in [4.69, 9.17) is 0 Å². The number of nitrogens with zero attached hydrogens (tertiary/aromatic N) is 4. The first kappa shape index (κ1) is 20.0. The van der Waals surface area contributed by atoms with Gasteiger partial charge in [0.05, 0.1) is 29.5 Å². The maximum absolute atomic E-state index is 13.1. The first-order chi connectivity index (χ1) is 13.3. The molecule has 0 spiro atoms. The van der Waals surface area contributed by atoms with Crippen molar-refractivity contribution in [2.75, 3.05) is 6.54 Å². The molecule has 0 bridgehead atoms. The number of aromatic nitrogens is 4. The van der Waals surface area contributed by atoms with Gasteiger partial charge in [0.2, 0.25) is 0 Å². The summed E-state index contributed by atoms with van der Waals surface area (Å²) in [5, 5.41) is 10.3. The highest BCUT2D eigenvalue weighted by Crippen LogP contribution is 2.32. The number of nitrogens with one attached hydrogen (secondary N) is 1. The standard InChI is InChI=1S/C18H18F3N5OS/c1-12-16(28-11-23-12)7-4-8-22-17(27)15-10-26(25-24-15)9-13-5-2-3-6-14(13)18(19,20)21/h2-3,5-6,10-11H,4,7-9H2,1H3,(H,22,27). The normalized spacial score (nSPS) is 11.6. The molecule has 148 valence electrons. The van der Waals surface area contributed by atoms with Crippen molar-refractivity contribution < 1.29 is 18.0 Å². The van der Waals surface area contributed by atoms with Crippen LogP contribution in [0.15, 0.2) is 36.0 Å². The number of halogens is 3. The Bertz CT molecular complexity index is 951. The van der Waals surface area contributed by atoms with E-state index in [2.05, 4.69) is 20.6 Å². The third kappa shape index (κ3) is 4.94. The molecule has 1 amide bonds. The molecule has 0 unspecified atom stereocenters. The maximum Gasteiger partial charge on any atom is 0.416 e. The van der Waals surface area contributed by atoms with E-state index in [1.807, 2.05) is 6.92 Å². The number of benzene rings is 1. The van der Waals surface area contributed by atoms with E-state index in [9.17, 15) is 18.0 Å². The molecule has 0 saturated carbocycles. The van der Waals surface area contributed by atoms with Crippen LogP contribution >= 0.6 is 11.3 Å². The minimum atomic E-state index is -4.45. The fourth-order valence-electron chi connectivity index (χ4n) is 2.70. The number of hydrogen-bond acceptors (Lipinski definition) is 5. The van der Waals surface area contributed by atoms with E-state index in [-0.39, 0.29) is 17.8 Å². The van der Waals surface area contributed by atoms with E-state index >= 15 is 0 Å². The Morgan fingerprint density at radius 1 is 1.29 bits per heavy atom. The van der Waals surface area contributed by atoms with Gasteiger partial charge in [-0.05, 0) is 31.4 Å². The third-order valence-corrected chi connectivity index (χ3v) is 5.13. The average molecular weight is 409 g/mol. The topological polar surface area (TPSA) is 72.7 Å². The lowest BCUT2D eigenvalue weighted by atomic mass is 10.1. The molecule has 6 nitrogen and oxygen atoms in total. The number of carbonyl (C=O) groups excluding carboxylic acids is 1. The molecule has 0 atom stereocenters. The zero-order valence-electron chi connectivity index (χ0n) is 15.0. The van der Waals surface area contributed by atoms with Crippen molar-refractivity contribution in [3.63, 3.8) is 0 Å². The Balaban J connectivity index is 1.55. The van der Waals surface area contributed by atoms with Gasteiger partial charge in [0.15, 0.2) is 5.69 Å². The quantitative estimate of drug-likeness (QED) is 0.607. The van der Waals surface area contributed by atoms with Crippen LogP contribution < -0.4 is 5.32 Å². The van der Waals surface area contributed by atoms with Gasteiger partial charge in [-0.2, -0.15) is 13.2 Å². The highest BCUT2D eigenvalue weighted by molar-refractivity contribution is 7.09. The van der Waals surface area contributed by atoms with Crippen molar-refractivity contribution in [3.8, 4) is 0 Å². The van der Waals surface area contributed by atoms with Crippen LogP contribution in [-0.2, 0) is 19.1 Å². The van der Waals surface area contributed by atoms with Gasteiger partial charge in [0.1, 0.15) is 0 Å². The second-order valence-electron chi connectivity index (χ2n) is 6.18. The van der Waals surface area contributed by atoms with Gasteiger partial charge in [-0.25, -0.2) is 9.67 Å². The van der Waals surface area contributed by atoms with Crippen molar-refractivity contribution in [1.82, 2.24) is 25.3 Å². The second kappa shape index (κ2) is 8.51. The zero-order chi connectivity index (χ0) is 20.1. The summed E-state index contributed by atoms with van der Waals surface area (Å²) in [6, 6.07) is 5.26. The van der Waals surface area contributed by atoms with Crippen LogP contribution in [0.25, 0.3) is 0 Å². The van der Waals surface area contributed by atoms with E-state index in [1.54, 1.807) is 16.8 Å². The van der Waals surface area contributed by atoms with Gasteiger partial charge in [-0.1, -0.05) is 23.4 Å². The highest BCUT2D eigenvalue weighted by atomic mass is 32.1. The summed E-state index contributed by atoms with van der Waals surface area (Å²) >= 11 is 1.58. The van der Waals surface area contributed by atoms with Gasteiger partial charge in [0, 0.05) is 11.4 Å². The predicted octanol–water partition coefficient (Wildman–Crippen LogP) is 3.47. The molecule has 3 aromatic rings. The molecule has 0 aliphatic carbocycles. The molecule has 0 fully saturated rings. The SMILES string of the molecule is Cc1ncsc1CCCNC(=O)c1cn(Cc2ccccc2C(F)(F)F)nn1. The Hall–Kier alpha value is -2.75. The van der Waals surface area contributed by atoms with Crippen molar-refractivity contribution in [2.45, 2.75) is 32.5 Å². The van der Waals surface area contributed by atoms with E-state index in [0.717, 1.165) is 24.6 Å². The molecule has 0 saturated heterocycles. The molecule has 0 aliphatic rings. The van der Waals surface area contributed by atoms with Crippen molar-refractivity contribution >= 4 is 17.2 Å². The fraction of sp³-hybridized carbons (Fsp3) is 0.333. The van der Waals surface area contributed by atoms with E-state index < -0.39 is 17.6 Å². The molecular weight excluding hydrogens is 391 g/mol. The first-order valence-corrected chi connectivity index (χ1v) is 9.45. The van der Waals surface area contributed by atoms with Gasteiger partial charge in [-0.15, -0.1) is 16.4 Å². The average Bonchev–Trinajstić information content (AvgIpc) is 3.27. The zero-order valence-corrected chi connectivity index (χ0v) is 15.8. The summed E-state index contributed by atoms with van der Waals surface area (Å²) in [5.41, 5.74) is 2.19.